The van der Waals surface area contributed by atoms with Crippen LogP contribution < -0.4 is 0 Å². The zero-order valence-corrected chi connectivity index (χ0v) is 6.63. The summed E-state index contributed by atoms with van der Waals surface area (Å²) < 4.78 is 0. The summed E-state index contributed by atoms with van der Waals surface area (Å²) in [6.07, 6.45) is 0.695. The molecule has 0 fully saturated rings. The van der Waals surface area contributed by atoms with Crippen LogP contribution >= 0.6 is 0 Å². The van der Waals surface area contributed by atoms with E-state index in [2.05, 4.69) is 16.3 Å². The second-order valence-corrected chi connectivity index (χ2v) is 2.21. The maximum atomic E-state index is 8.59. The van der Waals surface area contributed by atoms with Gasteiger partial charge in [-0.05, 0) is 20.3 Å². The van der Waals surface area contributed by atoms with E-state index in [-0.39, 0.29) is 0 Å². The third kappa shape index (κ3) is 2.58. The molecule has 10 heavy (non-hydrogen) atoms. The first-order valence-electron chi connectivity index (χ1n) is 3.29. The molecule has 3 heteroatoms. The van der Waals surface area contributed by atoms with Gasteiger partial charge in [0.2, 0.25) is 0 Å². The van der Waals surface area contributed by atoms with E-state index < -0.39 is 5.54 Å². The minimum Gasteiger partial charge on any atom is -0.196 e. The Hall–Kier alpha value is -0.910. The van der Waals surface area contributed by atoms with E-state index >= 15 is 0 Å². The van der Waals surface area contributed by atoms with Crippen LogP contribution in [0.2, 0.25) is 0 Å². The SMILES string of the molecule is C[CH]N=NC(C)(C#N)CC. The van der Waals surface area contributed by atoms with E-state index in [1.54, 1.807) is 20.4 Å². The molecule has 3 nitrogen and oxygen atoms in total. The maximum Gasteiger partial charge on any atom is 0.164 e. The third-order valence-electron chi connectivity index (χ3n) is 1.32. The van der Waals surface area contributed by atoms with Gasteiger partial charge < -0.3 is 0 Å². The van der Waals surface area contributed by atoms with Gasteiger partial charge in [-0.3, -0.25) is 0 Å². The Labute approximate surface area is 61.8 Å². The molecular weight excluding hydrogens is 126 g/mol. The number of hydrogen-bond donors (Lipinski definition) is 0. The van der Waals surface area contributed by atoms with Crippen LogP contribution in [0.5, 0.6) is 0 Å². The highest BCUT2D eigenvalue weighted by atomic mass is 15.1. The topological polar surface area (TPSA) is 48.5 Å². The number of nitriles is 1. The van der Waals surface area contributed by atoms with Crippen LogP contribution in [0.4, 0.5) is 0 Å². The zero-order valence-electron chi connectivity index (χ0n) is 6.63. The Balaban J connectivity index is 4.09. The number of hydrogen-bond acceptors (Lipinski definition) is 3. The summed E-state index contributed by atoms with van der Waals surface area (Å²) in [6.45, 7) is 7.03. The lowest BCUT2D eigenvalue weighted by molar-refractivity contribution is 0.548. The Morgan fingerprint density at radius 1 is 1.70 bits per heavy atom. The van der Waals surface area contributed by atoms with Crippen molar-refractivity contribution in [3.8, 4) is 6.07 Å². The molecule has 0 saturated heterocycles. The van der Waals surface area contributed by atoms with E-state index in [4.69, 9.17) is 5.26 Å². The fourth-order valence-corrected chi connectivity index (χ4v) is 0.357. The molecule has 0 spiro atoms. The summed E-state index contributed by atoms with van der Waals surface area (Å²) in [6, 6.07) is 2.08. The smallest absolute Gasteiger partial charge is 0.164 e. The van der Waals surface area contributed by atoms with Gasteiger partial charge in [-0.15, -0.1) is 0 Å². The van der Waals surface area contributed by atoms with Gasteiger partial charge in [0.05, 0.1) is 12.6 Å². The summed E-state index contributed by atoms with van der Waals surface area (Å²) in [5, 5.41) is 16.1. The van der Waals surface area contributed by atoms with E-state index in [1.165, 1.54) is 0 Å². The summed E-state index contributed by atoms with van der Waals surface area (Å²) in [5.41, 5.74) is -0.632. The molecule has 0 N–H and O–H groups in total. The maximum absolute atomic E-state index is 8.59. The molecule has 0 amide bonds. The van der Waals surface area contributed by atoms with Crippen molar-refractivity contribution >= 4 is 0 Å². The van der Waals surface area contributed by atoms with Gasteiger partial charge in [-0.1, -0.05) is 6.92 Å². The lowest BCUT2D eigenvalue weighted by Crippen LogP contribution is -2.16. The quantitative estimate of drug-likeness (QED) is 0.552. The molecule has 0 aliphatic heterocycles. The third-order valence-corrected chi connectivity index (χ3v) is 1.32. The lowest BCUT2D eigenvalue weighted by Gasteiger charge is -2.09. The van der Waals surface area contributed by atoms with E-state index in [9.17, 15) is 0 Å². The Kier molecular flexibility index (Phi) is 3.63. The molecular formula is C7H12N3. The van der Waals surface area contributed by atoms with Crippen molar-refractivity contribution in [3.63, 3.8) is 0 Å². The first-order valence-corrected chi connectivity index (χ1v) is 3.29. The molecule has 1 radical (unpaired) electrons. The highest BCUT2D eigenvalue weighted by molar-refractivity contribution is 5.02. The molecule has 1 atom stereocenters. The van der Waals surface area contributed by atoms with Crippen molar-refractivity contribution in [1.29, 1.82) is 5.26 Å². The minimum atomic E-state index is -0.632. The largest absolute Gasteiger partial charge is 0.196 e. The second-order valence-electron chi connectivity index (χ2n) is 2.21. The fraction of sp³-hybridized carbons (Fsp3) is 0.714. The van der Waals surface area contributed by atoms with Gasteiger partial charge in [0.15, 0.2) is 5.54 Å². The average molecular weight is 138 g/mol. The zero-order chi connectivity index (χ0) is 8.04. The fourth-order valence-electron chi connectivity index (χ4n) is 0.357. The summed E-state index contributed by atoms with van der Waals surface area (Å²) >= 11 is 0. The van der Waals surface area contributed by atoms with Crippen molar-refractivity contribution in [2.24, 2.45) is 10.2 Å². The highest BCUT2D eigenvalue weighted by Crippen LogP contribution is 2.13. The highest BCUT2D eigenvalue weighted by Gasteiger charge is 2.19. The van der Waals surface area contributed by atoms with Crippen LogP contribution in [-0.4, -0.2) is 5.54 Å². The van der Waals surface area contributed by atoms with Crippen LogP contribution in [0.3, 0.4) is 0 Å². The molecule has 0 aliphatic carbocycles. The van der Waals surface area contributed by atoms with Crippen molar-refractivity contribution in [2.45, 2.75) is 32.7 Å². The van der Waals surface area contributed by atoms with Gasteiger partial charge in [-0.25, -0.2) is 0 Å². The normalized spacial score (nSPS) is 16.6. The molecule has 0 rings (SSSR count). The van der Waals surface area contributed by atoms with Crippen molar-refractivity contribution in [3.05, 3.63) is 6.54 Å². The van der Waals surface area contributed by atoms with Crippen LogP contribution in [-0.2, 0) is 0 Å². The van der Waals surface area contributed by atoms with Crippen LogP contribution in [0, 0.1) is 17.9 Å². The molecule has 0 aliphatic rings. The van der Waals surface area contributed by atoms with Crippen LogP contribution in [0.25, 0.3) is 0 Å². The average Bonchev–Trinajstić information content (AvgIpc) is 2.00. The predicted octanol–water partition coefficient (Wildman–Crippen LogP) is 2.31. The van der Waals surface area contributed by atoms with Gasteiger partial charge in [0.25, 0.3) is 0 Å². The van der Waals surface area contributed by atoms with Gasteiger partial charge >= 0.3 is 0 Å². The molecule has 1 unspecified atom stereocenters. The van der Waals surface area contributed by atoms with Gasteiger partial charge in [0, 0.05) is 0 Å². The molecule has 0 bridgehead atoms. The lowest BCUT2D eigenvalue weighted by atomic mass is 10.0. The number of nitrogens with zero attached hydrogens (tertiary/aromatic N) is 3. The molecule has 55 valence electrons. The molecule has 0 saturated carbocycles. The number of rotatable bonds is 3. The van der Waals surface area contributed by atoms with Crippen LogP contribution in [0.1, 0.15) is 27.2 Å². The number of azo groups is 1. The predicted molar refractivity (Wildman–Crippen MR) is 39.1 cm³/mol. The standard InChI is InChI=1S/C7H12N3/c1-4-7(3,6-8)10-9-5-2/h5H,4H2,1-3H3. The molecule has 0 heterocycles. The summed E-state index contributed by atoms with van der Waals surface area (Å²) in [4.78, 5) is 0. The van der Waals surface area contributed by atoms with Crippen LogP contribution in [0.15, 0.2) is 10.2 Å². The first-order chi connectivity index (χ1) is 4.68. The minimum absolute atomic E-state index is 0.632. The monoisotopic (exact) mass is 138 g/mol. The first kappa shape index (κ1) is 9.09. The Morgan fingerprint density at radius 2 is 2.30 bits per heavy atom. The molecule has 0 aromatic heterocycles. The van der Waals surface area contributed by atoms with Crippen molar-refractivity contribution in [1.82, 2.24) is 0 Å². The summed E-state index contributed by atoms with van der Waals surface area (Å²) in [7, 11) is 0. The molecule has 0 aromatic carbocycles. The van der Waals surface area contributed by atoms with Crippen molar-refractivity contribution in [2.75, 3.05) is 0 Å². The van der Waals surface area contributed by atoms with E-state index in [1.807, 2.05) is 6.92 Å². The molecule has 0 aromatic rings. The van der Waals surface area contributed by atoms with E-state index in [0.29, 0.717) is 6.42 Å². The second kappa shape index (κ2) is 3.99. The Bertz CT molecular complexity index is 157. The van der Waals surface area contributed by atoms with Gasteiger partial charge in [-0.2, -0.15) is 15.5 Å². The Morgan fingerprint density at radius 3 is 2.60 bits per heavy atom. The summed E-state index contributed by atoms with van der Waals surface area (Å²) in [5.74, 6) is 0. The van der Waals surface area contributed by atoms with Gasteiger partial charge in [0.1, 0.15) is 0 Å². The van der Waals surface area contributed by atoms with E-state index in [0.717, 1.165) is 0 Å². The van der Waals surface area contributed by atoms with Crippen molar-refractivity contribution < 1.29 is 0 Å².